The standard InChI is InChI=1S/C20H23F2N3O2.HI/c1-26-16-7-6-13(10-17(16)27-2)11-24-19(23)25-12-20(8-9-20)18-14(21)4-3-5-15(18)22;/h3-7,10H,8-9,11-12H2,1-2H3,(H3,23,24,25);1H. The van der Waals surface area contributed by atoms with E-state index in [1.807, 2.05) is 12.1 Å². The molecular formula is C20H24F2IN3O2. The third-order valence-electron chi connectivity index (χ3n) is 4.83. The second-order valence-corrected chi connectivity index (χ2v) is 6.62. The summed E-state index contributed by atoms with van der Waals surface area (Å²) >= 11 is 0. The molecule has 0 aromatic heterocycles. The van der Waals surface area contributed by atoms with E-state index in [1.165, 1.54) is 18.2 Å². The molecule has 0 bridgehead atoms. The molecule has 28 heavy (non-hydrogen) atoms. The van der Waals surface area contributed by atoms with Crippen LogP contribution in [0.25, 0.3) is 0 Å². The first kappa shape index (κ1) is 22.2. The lowest BCUT2D eigenvalue weighted by Gasteiger charge is -2.18. The molecular weight excluding hydrogens is 479 g/mol. The fourth-order valence-electron chi connectivity index (χ4n) is 3.14. The number of rotatable bonds is 7. The number of hydrogen-bond donors (Lipinski definition) is 2. The van der Waals surface area contributed by atoms with Crippen LogP contribution in [0.1, 0.15) is 24.0 Å². The summed E-state index contributed by atoms with van der Waals surface area (Å²) in [5.41, 5.74) is 6.41. The normalized spacial score (nSPS) is 14.8. The number of nitrogens with two attached hydrogens (primary N) is 1. The zero-order valence-corrected chi connectivity index (χ0v) is 18.1. The van der Waals surface area contributed by atoms with Gasteiger partial charge in [0.15, 0.2) is 17.5 Å². The largest absolute Gasteiger partial charge is 0.493 e. The van der Waals surface area contributed by atoms with Gasteiger partial charge in [-0.2, -0.15) is 0 Å². The highest BCUT2D eigenvalue weighted by Crippen LogP contribution is 2.49. The zero-order chi connectivity index (χ0) is 19.4. The number of hydrogen-bond acceptors (Lipinski definition) is 3. The van der Waals surface area contributed by atoms with Crippen molar-refractivity contribution in [2.45, 2.75) is 24.8 Å². The smallest absolute Gasteiger partial charge is 0.188 e. The Bertz CT molecular complexity index is 837. The molecule has 0 saturated heterocycles. The second kappa shape index (κ2) is 9.40. The van der Waals surface area contributed by atoms with Gasteiger partial charge in [-0.1, -0.05) is 12.1 Å². The molecule has 0 radical (unpaired) electrons. The Hall–Kier alpha value is -2.10. The van der Waals surface area contributed by atoms with E-state index in [9.17, 15) is 8.78 Å². The maximum absolute atomic E-state index is 14.1. The number of methoxy groups -OCH3 is 2. The summed E-state index contributed by atoms with van der Waals surface area (Å²) in [7, 11) is 3.14. The molecule has 0 unspecified atom stereocenters. The van der Waals surface area contributed by atoms with Crippen molar-refractivity contribution in [2.24, 2.45) is 10.7 Å². The van der Waals surface area contributed by atoms with E-state index in [0.717, 1.165) is 5.56 Å². The van der Waals surface area contributed by atoms with Crippen LogP contribution in [0.5, 0.6) is 11.5 Å². The van der Waals surface area contributed by atoms with E-state index < -0.39 is 17.0 Å². The summed E-state index contributed by atoms with van der Waals surface area (Å²) in [4.78, 5) is 4.29. The molecule has 1 aliphatic carbocycles. The van der Waals surface area contributed by atoms with Gasteiger partial charge in [-0.15, -0.1) is 24.0 Å². The molecule has 1 saturated carbocycles. The minimum Gasteiger partial charge on any atom is -0.493 e. The highest BCUT2D eigenvalue weighted by Gasteiger charge is 2.47. The zero-order valence-electron chi connectivity index (χ0n) is 15.8. The molecule has 2 aromatic rings. The third kappa shape index (κ3) is 4.84. The molecule has 0 atom stereocenters. The summed E-state index contributed by atoms with van der Waals surface area (Å²) in [6.07, 6.45) is 1.42. The van der Waals surface area contributed by atoms with Crippen LogP contribution >= 0.6 is 24.0 Å². The number of benzene rings is 2. The first-order valence-corrected chi connectivity index (χ1v) is 8.68. The van der Waals surface area contributed by atoms with Crippen molar-refractivity contribution in [3.63, 3.8) is 0 Å². The molecule has 152 valence electrons. The highest BCUT2D eigenvalue weighted by atomic mass is 127. The van der Waals surface area contributed by atoms with Gasteiger partial charge in [0.05, 0.1) is 20.8 Å². The highest BCUT2D eigenvalue weighted by molar-refractivity contribution is 14.0. The van der Waals surface area contributed by atoms with Crippen molar-refractivity contribution in [3.05, 3.63) is 59.2 Å². The fraction of sp³-hybridized carbons (Fsp3) is 0.350. The van der Waals surface area contributed by atoms with Crippen molar-refractivity contribution in [1.29, 1.82) is 0 Å². The van der Waals surface area contributed by atoms with E-state index in [0.29, 0.717) is 37.4 Å². The predicted molar refractivity (Wildman–Crippen MR) is 116 cm³/mol. The van der Waals surface area contributed by atoms with Crippen LogP contribution in [-0.2, 0) is 12.0 Å². The van der Waals surface area contributed by atoms with Crippen molar-refractivity contribution < 1.29 is 18.3 Å². The Kier molecular flexibility index (Phi) is 7.45. The van der Waals surface area contributed by atoms with Crippen LogP contribution in [-0.4, -0.2) is 26.7 Å². The molecule has 3 N–H and O–H groups in total. The first-order chi connectivity index (χ1) is 13.0. The van der Waals surface area contributed by atoms with Gasteiger partial charge in [0, 0.05) is 17.5 Å². The summed E-state index contributed by atoms with van der Waals surface area (Å²) in [5, 5.41) is 3.00. The molecule has 0 heterocycles. The number of guanidine groups is 1. The van der Waals surface area contributed by atoms with Crippen molar-refractivity contribution in [3.8, 4) is 11.5 Å². The Morgan fingerprint density at radius 3 is 2.32 bits per heavy atom. The lowest BCUT2D eigenvalue weighted by atomic mass is 9.94. The summed E-state index contributed by atoms with van der Waals surface area (Å²) in [6, 6.07) is 9.44. The number of nitrogens with one attached hydrogen (secondary N) is 1. The molecule has 1 aliphatic rings. The lowest BCUT2D eigenvalue weighted by Crippen LogP contribution is -2.38. The maximum atomic E-state index is 14.1. The van der Waals surface area contributed by atoms with Gasteiger partial charge in [0.1, 0.15) is 11.6 Å². The number of halogens is 3. The first-order valence-electron chi connectivity index (χ1n) is 8.68. The van der Waals surface area contributed by atoms with Crippen LogP contribution in [0.3, 0.4) is 0 Å². The Labute approximate surface area is 180 Å². The van der Waals surface area contributed by atoms with Crippen LogP contribution < -0.4 is 20.5 Å². The molecule has 0 spiro atoms. The van der Waals surface area contributed by atoms with Crippen LogP contribution in [0, 0.1) is 11.6 Å². The molecule has 8 heteroatoms. The van der Waals surface area contributed by atoms with Gasteiger partial charge >= 0.3 is 0 Å². The molecule has 0 aliphatic heterocycles. The Morgan fingerprint density at radius 1 is 1.11 bits per heavy atom. The minimum atomic E-state index is -0.557. The number of ether oxygens (including phenoxy) is 2. The van der Waals surface area contributed by atoms with E-state index in [4.69, 9.17) is 15.2 Å². The van der Waals surface area contributed by atoms with Crippen molar-refractivity contribution >= 4 is 29.9 Å². The lowest BCUT2D eigenvalue weighted by molar-refractivity contribution is 0.354. The molecule has 1 fully saturated rings. The quantitative estimate of drug-likeness (QED) is 0.343. The number of nitrogens with zero attached hydrogens (tertiary/aromatic N) is 1. The van der Waals surface area contributed by atoms with Crippen LogP contribution in [0.2, 0.25) is 0 Å². The molecule has 3 rings (SSSR count). The van der Waals surface area contributed by atoms with Gasteiger partial charge in [-0.05, 0) is 42.7 Å². The minimum absolute atomic E-state index is 0. The average molecular weight is 503 g/mol. The molecule has 2 aromatic carbocycles. The third-order valence-corrected chi connectivity index (χ3v) is 4.83. The molecule has 0 amide bonds. The molecule has 5 nitrogen and oxygen atoms in total. The summed E-state index contributed by atoms with van der Waals surface area (Å²) in [5.74, 6) is 0.445. The van der Waals surface area contributed by atoms with Gasteiger partial charge in [-0.25, -0.2) is 13.8 Å². The van der Waals surface area contributed by atoms with E-state index in [1.54, 1.807) is 20.3 Å². The van der Waals surface area contributed by atoms with Crippen molar-refractivity contribution in [2.75, 3.05) is 20.8 Å². The fourth-order valence-corrected chi connectivity index (χ4v) is 3.14. The van der Waals surface area contributed by atoms with E-state index in [-0.39, 0.29) is 35.5 Å². The monoisotopic (exact) mass is 503 g/mol. The Morgan fingerprint density at radius 2 is 1.75 bits per heavy atom. The van der Waals surface area contributed by atoms with E-state index in [2.05, 4.69) is 10.3 Å². The van der Waals surface area contributed by atoms with Gasteiger partial charge < -0.3 is 20.5 Å². The maximum Gasteiger partial charge on any atom is 0.188 e. The van der Waals surface area contributed by atoms with Gasteiger partial charge in [0.2, 0.25) is 0 Å². The average Bonchev–Trinajstić information content (AvgIpc) is 3.45. The SMILES string of the molecule is COc1ccc(CN=C(N)NCC2(c3c(F)cccc3F)CC2)cc1OC.I. The predicted octanol–water partition coefficient (Wildman–Crippen LogP) is 3.74. The van der Waals surface area contributed by atoms with E-state index >= 15 is 0 Å². The Balaban J connectivity index is 0.00000280. The van der Waals surface area contributed by atoms with Crippen molar-refractivity contribution in [1.82, 2.24) is 5.32 Å². The van der Waals surface area contributed by atoms with Crippen LogP contribution in [0.15, 0.2) is 41.4 Å². The topological polar surface area (TPSA) is 68.9 Å². The summed E-state index contributed by atoms with van der Waals surface area (Å²) < 4.78 is 38.6. The van der Waals surface area contributed by atoms with Gasteiger partial charge in [0.25, 0.3) is 0 Å². The summed E-state index contributed by atoms with van der Waals surface area (Å²) in [6.45, 7) is 0.687. The van der Waals surface area contributed by atoms with Crippen LogP contribution in [0.4, 0.5) is 8.78 Å². The second-order valence-electron chi connectivity index (χ2n) is 6.62. The number of aliphatic imine (C=N–C) groups is 1. The van der Waals surface area contributed by atoms with Gasteiger partial charge in [-0.3, -0.25) is 0 Å².